The molecular formula is C33H61O4P. The number of fused-ring (bicyclic) bond motifs is 1. The normalized spacial score (nSPS) is 32.6. The van der Waals surface area contributed by atoms with Gasteiger partial charge < -0.3 is 9.47 Å². The Kier molecular flexibility index (Phi) is 13.3. The van der Waals surface area contributed by atoms with Crippen LogP contribution in [-0.2, 0) is 19.1 Å². The van der Waals surface area contributed by atoms with Crippen LogP contribution >= 0.6 is 7.92 Å². The molecular weight excluding hydrogens is 491 g/mol. The van der Waals surface area contributed by atoms with Gasteiger partial charge in [0.05, 0.1) is 6.61 Å². The summed E-state index contributed by atoms with van der Waals surface area (Å²) in [6.45, 7) is 19.0. The van der Waals surface area contributed by atoms with Gasteiger partial charge in [-0.05, 0) is 73.3 Å². The van der Waals surface area contributed by atoms with Crippen LogP contribution in [0, 0.1) is 29.1 Å². The molecule has 6 unspecified atom stereocenters. The maximum atomic E-state index is 12.5. The van der Waals surface area contributed by atoms with Crippen molar-refractivity contribution in [3.05, 3.63) is 0 Å². The average molecular weight is 553 g/mol. The molecule has 0 N–H and O–H groups in total. The summed E-state index contributed by atoms with van der Waals surface area (Å²) in [6.07, 6.45) is 16.3. The van der Waals surface area contributed by atoms with Gasteiger partial charge in [-0.15, -0.1) is 0 Å². The summed E-state index contributed by atoms with van der Waals surface area (Å²) in [5, 5.41) is -0.0359. The number of carbonyl (C=O) groups excluding carboxylic acids is 2. The molecule has 5 heteroatoms. The zero-order valence-corrected chi connectivity index (χ0v) is 27.4. The second kappa shape index (κ2) is 15.0. The first-order valence-corrected chi connectivity index (χ1v) is 17.3. The third-order valence-electron chi connectivity index (χ3n) is 10.5. The smallest absolute Gasteiger partial charge is 0.313 e. The van der Waals surface area contributed by atoms with E-state index >= 15 is 0 Å². The fourth-order valence-electron chi connectivity index (χ4n) is 8.08. The molecule has 2 fully saturated rings. The van der Waals surface area contributed by atoms with Crippen molar-refractivity contribution >= 4 is 19.7 Å². The summed E-state index contributed by atoms with van der Waals surface area (Å²) in [5.74, 6) is 2.67. The van der Waals surface area contributed by atoms with Crippen molar-refractivity contribution in [1.29, 1.82) is 0 Å². The number of esters is 1. The molecule has 1 heterocycles. The predicted octanol–water partition coefficient (Wildman–Crippen LogP) is 9.37. The first-order valence-electron chi connectivity index (χ1n) is 15.7. The van der Waals surface area contributed by atoms with Gasteiger partial charge in [0.25, 0.3) is 0 Å². The summed E-state index contributed by atoms with van der Waals surface area (Å²) in [6, 6.07) is 0. The maximum Gasteiger partial charge on any atom is 0.313 e. The van der Waals surface area contributed by atoms with E-state index in [-0.39, 0.29) is 33.9 Å². The van der Waals surface area contributed by atoms with Crippen LogP contribution < -0.4 is 0 Å². The lowest BCUT2D eigenvalue weighted by Gasteiger charge is -2.60. The van der Waals surface area contributed by atoms with Gasteiger partial charge in [-0.25, -0.2) is 0 Å². The summed E-state index contributed by atoms with van der Waals surface area (Å²) in [5.41, 5.74) is 0.0608. The van der Waals surface area contributed by atoms with E-state index in [0.29, 0.717) is 13.0 Å². The number of Topliss-reactive ketones (excluding diaryl/α,β-unsaturated/α-hetero) is 1. The quantitative estimate of drug-likeness (QED) is 0.0932. The molecule has 2 rings (SSSR count). The molecule has 1 saturated heterocycles. The van der Waals surface area contributed by atoms with Crippen molar-refractivity contribution in [3.8, 4) is 0 Å². The molecule has 222 valence electrons. The molecule has 2 aliphatic rings. The van der Waals surface area contributed by atoms with Crippen molar-refractivity contribution in [1.82, 2.24) is 0 Å². The molecule has 38 heavy (non-hydrogen) atoms. The largest absolute Gasteiger partial charge is 0.461 e. The molecule has 1 aliphatic heterocycles. The number of hydrogen-bond donors (Lipinski definition) is 0. The molecule has 0 aromatic carbocycles. The molecule has 0 aromatic heterocycles. The van der Waals surface area contributed by atoms with Gasteiger partial charge in [-0.3, -0.25) is 9.59 Å². The van der Waals surface area contributed by atoms with E-state index in [1.165, 1.54) is 84.0 Å². The van der Waals surface area contributed by atoms with E-state index in [2.05, 4.69) is 48.5 Å². The van der Waals surface area contributed by atoms with Gasteiger partial charge in [0.15, 0.2) is 0 Å². The Morgan fingerprint density at radius 3 is 2.11 bits per heavy atom. The topological polar surface area (TPSA) is 52.6 Å². The standard InChI is InChI=1S/C33H61O4P/c1-10-12-14-16-26-18-19-27-21-31(4,5)33(8,23-36-9)38(24-37-30(35)20-25(3)34)32(6,7)22-29(27)28(26)17-15-13-11-2/h26-29H,10-24H2,1-9H3. The van der Waals surface area contributed by atoms with Crippen LogP contribution in [0.25, 0.3) is 0 Å². The molecule has 0 bridgehead atoms. The Balaban J connectivity index is 2.45. The van der Waals surface area contributed by atoms with Crippen molar-refractivity contribution in [2.45, 2.75) is 149 Å². The number of ketones is 1. The van der Waals surface area contributed by atoms with Gasteiger partial charge >= 0.3 is 5.97 Å². The average Bonchev–Trinajstić information content (AvgIpc) is 2.81. The Hall–Kier alpha value is -0.470. The minimum absolute atomic E-state index is 0.0496. The Morgan fingerprint density at radius 2 is 1.53 bits per heavy atom. The molecule has 0 spiro atoms. The molecule has 1 aliphatic carbocycles. The summed E-state index contributed by atoms with van der Waals surface area (Å²) in [7, 11) is 1.09. The molecule has 4 nitrogen and oxygen atoms in total. The van der Waals surface area contributed by atoms with E-state index in [4.69, 9.17) is 9.47 Å². The molecule has 0 radical (unpaired) electrons. The Bertz CT molecular complexity index is 747. The lowest BCUT2D eigenvalue weighted by atomic mass is 9.57. The number of carbonyl (C=O) groups is 2. The Labute approximate surface area is 236 Å². The SMILES string of the molecule is CCCCCC1CCC2CC(C)(C)C(C)(COC)P(COC(=O)CC(C)=O)C(C)(C)CC2C1CCCCC. The zero-order valence-electron chi connectivity index (χ0n) is 26.5. The summed E-state index contributed by atoms with van der Waals surface area (Å²) < 4.78 is 11.8. The minimum atomic E-state index is -0.730. The van der Waals surface area contributed by atoms with Gasteiger partial charge in [0.2, 0.25) is 0 Å². The highest BCUT2D eigenvalue weighted by atomic mass is 31.1. The van der Waals surface area contributed by atoms with Crippen LogP contribution in [0.4, 0.5) is 0 Å². The molecule has 0 amide bonds. The van der Waals surface area contributed by atoms with Gasteiger partial charge in [-0.2, -0.15) is 0 Å². The highest BCUT2D eigenvalue weighted by molar-refractivity contribution is 7.60. The fourth-order valence-corrected chi connectivity index (χ4v) is 11.9. The van der Waals surface area contributed by atoms with Gasteiger partial charge in [0.1, 0.15) is 18.6 Å². The lowest BCUT2D eigenvalue weighted by molar-refractivity contribution is -0.143. The van der Waals surface area contributed by atoms with Crippen LogP contribution in [-0.4, -0.2) is 42.1 Å². The molecule has 1 saturated carbocycles. The summed E-state index contributed by atoms with van der Waals surface area (Å²) >= 11 is 0. The third-order valence-corrected chi connectivity index (χ3v) is 14.4. The van der Waals surface area contributed by atoms with Gasteiger partial charge in [-0.1, -0.05) is 101 Å². The second-order valence-electron chi connectivity index (χ2n) is 14.2. The van der Waals surface area contributed by atoms with Crippen LogP contribution in [0.3, 0.4) is 0 Å². The first-order chi connectivity index (χ1) is 17.8. The van der Waals surface area contributed by atoms with Crippen molar-refractivity contribution in [3.63, 3.8) is 0 Å². The van der Waals surface area contributed by atoms with Crippen molar-refractivity contribution in [2.24, 2.45) is 29.1 Å². The van der Waals surface area contributed by atoms with Gasteiger partial charge in [0, 0.05) is 12.3 Å². The van der Waals surface area contributed by atoms with E-state index in [0.717, 1.165) is 23.7 Å². The maximum absolute atomic E-state index is 12.5. The minimum Gasteiger partial charge on any atom is -0.461 e. The van der Waals surface area contributed by atoms with Crippen LogP contribution in [0.15, 0.2) is 0 Å². The monoisotopic (exact) mass is 552 g/mol. The van der Waals surface area contributed by atoms with E-state index in [1.54, 1.807) is 0 Å². The second-order valence-corrected chi connectivity index (χ2v) is 17.5. The highest BCUT2D eigenvalue weighted by Crippen LogP contribution is 2.71. The predicted molar refractivity (Wildman–Crippen MR) is 162 cm³/mol. The van der Waals surface area contributed by atoms with Crippen LogP contribution in [0.5, 0.6) is 0 Å². The Morgan fingerprint density at radius 1 is 0.895 bits per heavy atom. The highest BCUT2D eigenvalue weighted by Gasteiger charge is 2.57. The van der Waals surface area contributed by atoms with E-state index in [1.807, 2.05) is 7.11 Å². The number of ether oxygens (including phenoxy) is 2. The van der Waals surface area contributed by atoms with Crippen LogP contribution in [0.1, 0.15) is 139 Å². The number of unbranched alkanes of at least 4 members (excludes halogenated alkanes) is 4. The fraction of sp³-hybridized carbons (Fsp3) is 0.939. The molecule has 0 aromatic rings. The zero-order chi connectivity index (χ0) is 28.6. The number of hydrogen-bond acceptors (Lipinski definition) is 4. The van der Waals surface area contributed by atoms with Crippen molar-refractivity contribution in [2.75, 3.05) is 20.1 Å². The van der Waals surface area contributed by atoms with Crippen LogP contribution in [0.2, 0.25) is 0 Å². The van der Waals surface area contributed by atoms with Crippen molar-refractivity contribution < 1.29 is 19.1 Å². The lowest BCUT2D eigenvalue weighted by Crippen LogP contribution is -2.54. The van der Waals surface area contributed by atoms with E-state index < -0.39 is 7.92 Å². The molecule has 6 atom stereocenters. The first kappa shape index (κ1) is 33.7. The van der Waals surface area contributed by atoms with E-state index in [9.17, 15) is 9.59 Å². The number of rotatable bonds is 14. The number of methoxy groups -OCH3 is 1. The summed E-state index contributed by atoms with van der Waals surface area (Å²) in [4.78, 5) is 24.1. The third kappa shape index (κ3) is 8.52.